The average molecular weight is 852 g/mol. The van der Waals surface area contributed by atoms with Crippen LogP contribution in [0, 0.1) is 23.7 Å². The van der Waals surface area contributed by atoms with E-state index in [-0.39, 0.29) is 10.8 Å². The number of benzene rings is 8. The minimum absolute atomic E-state index is 0.0180. The summed E-state index contributed by atoms with van der Waals surface area (Å²) in [6, 6.07) is 69.0. The molecular weight excluding hydrogens is 795 g/mol. The predicted octanol–water partition coefficient (Wildman–Crippen LogP) is 16.7. The summed E-state index contributed by atoms with van der Waals surface area (Å²) in [6.45, 7) is 9.41. The van der Waals surface area contributed by atoms with Crippen LogP contribution >= 0.6 is 0 Å². The van der Waals surface area contributed by atoms with Crippen LogP contribution in [0.1, 0.15) is 104 Å². The molecule has 4 saturated carbocycles. The highest BCUT2D eigenvalue weighted by Gasteiger charge is 2.62. The van der Waals surface area contributed by atoms with E-state index in [1.165, 1.54) is 127 Å². The van der Waals surface area contributed by atoms with E-state index in [9.17, 15) is 0 Å². The Morgan fingerprint density at radius 2 is 1.06 bits per heavy atom. The molecule has 8 aromatic rings. The minimum atomic E-state index is -0.534. The Bertz CT molecular complexity index is 3280. The smallest absolute Gasteiger partial charge is 0.0746 e. The molecule has 7 aliphatic rings. The molecule has 2 spiro atoms. The first kappa shape index (κ1) is 38.8. The van der Waals surface area contributed by atoms with E-state index < -0.39 is 5.41 Å². The van der Waals surface area contributed by atoms with Crippen molar-refractivity contribution >= 4 is 17.1 Å². The Kier molecular flexibility index (Phi) is 8.11. The Balaban J connectivity index is 1.10. The van der Waals surface area contributed by atoms with E-state index in [0.717, 1.165) is 18.3 Å². The number of hydrogen-bond donors (Lipinski definition) is 0. The largest absolute Gasteiger partial charge is 0.309 e. The number of fused-ring (bicyclic) bond motifs is 13. The van der Waals surface area contributed by atoms with Gasteiger partial charge in [-0.3, -0.25) is 0 Å². The third-order valence-electron chi connectivity index (χ3n) is 17.8. The molecular formula is C65H57N. The lowest BCUT2D eigenvalue weighted by molar-refractivity contribution is -0.0399. The van der Waals surface area contributed by atoms with Gasteiger partial charge >= 0.3 is 0 Å². The molecule has 1 unspecified atom stereocenters. The molecule has 0 N–H and O–H groups in total. The van der Waals surface area contributed by atoms with Crippen LogP contribution in [0.3, 0.4) is 0 Å². The standard InChI is InChI=1S/C65H57N/c1-5-40-28-30-50-51-31-29-45(63(2,3)4)39-58(51)65(57(50)37-40)54-23-11-9-20-49(54)52-22-14-27-60(62(52)65)66(48-19-13-18-44(38-48)43-16-7-6-8-17-43)59-26-15-25-56-61(59)53-21-10-12-24-55(53)64(56)46-33-41-32-42(35-46)36-47(64)34-41/h6-31,37-39,41-42,46-47H,5,32-36H2,1-4H3. The SMILES string of the molecule is CCc1ccc2c(c1)C1(c3cc(C(C)(C)C)ccc3-2)c2ccccc2-c2cccc(N(c3cccc(-c4ccccc4)c3)c3cccc4c3-c3ccccc3C43C4CC5CC(C4)CC3C5)c21. The first-order valence-corrected chi connectivity index (χ1v) is 25.0. The molecule has 4 bridgehead atoms. The molecule has 1 nitrogen and oxygen atoms in total. The van der Waals surface area contributed by atoms with E-state index in [0.29, 0.717) is 11.8 Å². The molecule has 4 fully saturated rings. The van der Waals surface area contributed by atoms with Crippen molar-refractivity contribution in [2.24, 2.45) is 23.7 Å². The quantitative estimate of drug-likeness (QED) is 0.167. The summed E-state index contributed by atoms with van der Waals surface area (Å²) in [5.74, 6) is 3.17. The van der Waals surface area contributed by atoms with E-state index >= 15 is 0 Å². The first-order valence-electron chi connectivity index (χ1n) is 25.0. The van der Waals surface area contributed by atoms with Crippen molar-refractivity contribution in [3.63, 3.8) is 0 Å². The van der Waals surface area contributed by atoms with Crippen LogP contribution in [0.15, 0.2) is 176 Å². The molecule has 0 radical (unpaired) electrons. The molecule has 15 rings (SSSR count). The van der Waals surface area contributed by atoms with Gasteiger partial charge in [0.25, 0.3) is 0 Å². The van der Waals surface area contributed by atoms with Crippen LogP contribution in [-0.4, -0.2) is 0 Å². The van der Waals surface area contributed by atoms with Gasteiger partial charge in [0.15, 0.2) is 0 Å². The number of hydrogen-bond acceptors (Lipinski definition) is 1. The predicted molar refractivity (Wildman–Crippen MR) is 274 cm³/mol. The van der Waals surface area contributed by atoms with Crippen molar-refractivity contribution in [3.8, 4) is 44.5 Å². The number of nitrogens with zero attached hydrogens (tertiary/aromatic N) is 1. The van der Waals surface area contributed by atoms with Gasteiger partial charge in [0.1, 0.15) is 0 Å². The van der Waals surface area contributed by atoms with Gasteiger partial charge in [-0.15, -0.1) is 0 Å². The van der Waals surface area contributed by atoms with Gasteiger partial charge in [-0.25, -0.2) is 0 Å². The zero-order valence-electron chi connectivity index (χ0n) is 38.7. The Hall–Kier alpha value is -6.44. The Morgan fingerprint density at radius 3 is 1.82 bits per heavy atom. The van der Waals surface area contributed by atoms with Crippen molar-refractivity contribution < 1.29 is 0 Å². The maximum Gasteiger partial charge on any atom is 0.0746 e. The van der Waals surface area contributed by atoms with Gasteiger partial charge in [-0.1, -0.05) is 179 Å². The number of rotatable bonds is 5. The van der Waals surface area contributed by atoms with Crippen LogP contribution in [0.2, 0.25) is 0 Å². The molecule has 0 heterocycles. The fourth-order valence-corrected chi connectivity index (χ4v) is 15.4. The molecule has 0 amide bonds. The summed E-state index contributed by atoms with van der Waals surface area (Å²) in [5.41, 5.74) is 25.5. The summed E-state index contributed by atoms with van der Waals surface area (Å²) in [4.78, 5) is 2.72. The van der Waals surface area contributed by atoms with Gasteiger partial charge in [0, 0.05) is 22.2 Å². The van der Waals surface area contributed by atoms with E-state index in [1.807, 2.05) is 0 Å². The average Bonchev–Trinajstić information content (AvgIpc) is 3.93. The molecule has 322 valence electrons. The van der Waals surface area contributed by atoms with Gasteiger partial charge < -0.3 is 4.90 Å². The van der Waals surface area contributed by atoms with Gasteiger partial charge in [0.2, 0.25) is 0 Å². The van der Waals surface area contributed by atoms with Crippen molar-refractivity contribution in [2.75, 3.05) is 4.90 Å². The highest BCUT2D eigenvalue weighted by molar-refractivity contribution is 6.02. The van der Waals surface area contributed by atoms with Crippen LogP contribution in [0.25, 0.3) is 44.5 Å². The second kappa shape index (κ2) is 13.8. The van der Waals surface area contributed by atoms with Crippen molar-refractivity contribution in [2.45, 2.75) is 82.5 Å². The van der Waals surface area contributed by atoms with Crippen molar-refractivity contribution in [3.05, 3.63) is 220 Å². The maximum atomic E-state index is 2.72. The number of anilines is 3. The van der Waals surface area contributed by atoms with Crippen LogP contribution in [0.5, 0.6) is 0 Å². The Labute approximate surface area is 391 Å². The Morgan fingerprint density at radius 1 is 0.470 bits per heavy atom. The third kappa shape index (κ3) is 5.02. The second-order valence-corrected chi connectivity index (χ2v) is 21.9. The van der Waals surface area contributed by atoms with E-state index in [4.69, 9.17) is 0 Å². The lowest BCUT2D eigenvalue weighted by atomic mass is 9.43. The van der Waals surface area contributed by atoms with Crippen LogP contribution < -0.4 is 4.90 Å². The summed E-state index contributed by atoms with van der Waals surface area (Å²) < 4.78 is 0. The summed E-state index contributed by atoms with van der Waals surface area (Å²) in [7, 11) is 0. The van der Waals surface area contributed by atoms with Crippen molar-refractivity contribution in [1.29, 1.82) is 0 Å². The summed E-state index contributed by atoms with van der Waals surface area (Å²) in [6.07, 6.45) is 7.93. The molecule has 0 aliphatic heterocycles. The normalized spacial score (nSPS) is 24.2. The molecule has 8 aromatic carbocycles. The first-order chi connectivity index (χ1) is 32.3. The topological polar surface area (TPSA) is 3.24 Å². The fourth-order valence-electron chi connectivity index (χ4n) is 15.4. The zero-order chi connectivity index (χ0) is 44.1. The molecule has 7 aliphatic carbocycles. The molecule has 1 atom stereocenters. The maximum absolute atomic E-state index is 2.72. The van der Waals surface area contributed by atoms with Gasteiger partial charge in [0.05, 0.1) is 16.8 Å². The minimum Gasteiger partial charge on any atom is -0.309 e. The van der Waals surface area contributed by atoms with Crippen molar-refractivity contribution in [1.82, 2.24) is 0 Å². The van der Waals surface area contributed by atoms with Gasteiger partial charge in [-0.2, -0.15) is 0 Å². The molecule has 0 saturated heterocycles. The summed E-state index contributed by atoms with van der Waals surface area (Å²) >= 11 is 0. The summed E-state index contributed by atoms with van der Waals surface area (Å²) in [5, 5.41) is 0. The fraction of sp³-hybridized carbons (Fsp3) is 0.262. The van der Waals surface area contributed by atoms with E-state index in [1.54, 1.807) is 11.1 Å². The van der Waals surface area contributed by atoms with Crippen LogP contribution in [-0.2, 0) is 22.7 Å². The van der Waals surface area contributed by atoms with Gasteiger partial charge in [-0.05, 0) is 170 Å². The van der Waals surface area contributed by atoms with Crippen LogP contribution in [0.4, 0.5) is 17.1 Å². The molecule has 66 heavy (non-hydrogen) atoms. The third-order valence-corrected chi connectivity index (χ3v) is 17.8. The highest BCUT2D eigenvalue weighted by atomic mass is 15.2. The lowest BCUT2D eigenvalue weighted by Gasteiger charge is -2.61. The number of aryl methyl sites for hydroxylation is 1. The lowest BCUT2D eigenvalue weighted by Crippen LogP contribution is -2.55. The molecule has 0 aromatic heterocycles. The highest BCUT2D eigenvalue weighted by Crippen LogP contribution is 2.71. The second-order valence-electron chi connectivity index (χ2n) is 21.9. The monoisotopic (exact) mass is 851 g/mol. The zero-order valence-corrected chi connectivity index (χ0v) is 38.7. The molecule has 1 heteroatoms. The van der Waals surface area contributed by atoms with E-state index in [2.05, 4.69) is 209 Å².